The summed E-state index contributed by atoms with van der Waals surface area (Å²) in [5, 5.41) is 28.5. The van der Waals surface area contributed by atoms with Crippen LogP contribution in [-0.4, -0.2) is 44.9 Å². The molecular weight excluding hydrogens is 1820 g/mol. The number of nitriles is 3. The quantitative estimate of drug-likeness (QED) is 0.0944. The molecule has 20 aromatic carbocycles. The summed E-state index contributed by atoms with van der Waals surface area (Å²) in [4.78, 5) is 48.3. The third-order valence-corrected chi connectivity index (χ3v) is 29.9. The van der Waals surface area contributed by atoms with Gasteiger partial charge in [-0.15, -0.1) is 0 Å². The van der Waals surface area contributed by atoms with Crippen molar-refractivity contribution in [3.63, 3.8) is 0 Å². The molecule has 3 aliphatic carbocycles. The first-order valence-electron chi connectivity index (χ1n) is 49.2. The summed E-state index contributed by atoms with van der Waals surface area (Å²) in [6.45, 7) is 0. The van der Waals surface area contributed by atoms with Crippen molar-refractivity contribution in [1.29, 1.82) is 15.8 Å². The molecule has 0 atom stereocenters. The van der Waals surface area contributed by atoms with Crippen LogP contribution in [0.1, 0.15) is 83.5 Å². The molecule has 148 heavy (non-hydrogen) atoms. The average Bonchev–Trinajstić information content (AvgIpc) is 1.53. The van der Waals surface area contributed by atoms with E-state index in [1.165, 1.54) is 93.2 Å². The van der Waals surface area contributed by atoms with Gasteiger partial charge in [0.2, 0.25) is 0 Å². The number of benzene rings is 20. The summed E-state index contributed by atoms with van der Waals surface area (Å²) in [6.07, 6.45) is 0. The molecule has 4 aliphatic rings. The van der Waals surface area contributed by atoms with Crippen molar-refractivity contribution in [2.75, 3.05) is 0 Å². The maximum absolute atomic E-state index is 9.70. The van der Waals surface area contributed by atoms with Gasteiger partial charge in [0.05, 0.1) is 51.1 Å². The van der Waals surface area contributed by atoms with E-state index in [4.69, 9.17) is 44.9 Å². The van der Waals surface area contributed by atoms with Crippen LogP contribution in [0.4, 0.5) is 0 Å². The van der Waals surface area contributed by atoms with Crippen molar-refractivity contribution in [3.8, 4) is 176 Å². The van der Waals surface area contributed by atoms with Crippen LogP contribution in [0.15, 0.2) is 519 Å². The first-order chi connectivity index (χ1) is 73.2. The van der Waals surface area contributed by atoms with Crippen molar-refractivity contribution in [2.24, 2.45) is 0 Å². The zero-order chi connectivity index (χ0) is 99.1. The fourth-order valence-electron chi connectivity index (χ4n) is 22.3. The van der Waals surface area contributed by atoms with Crippen molar-refractivity contribution < 1.29 is 0 Å². The van der Waals surface area contributed by atoms with E-state index >= 15 is 0 Å². The molecule has 0 saturated carbocycles. The fraction of sp³-hybridized carbons (Fsp3) is 0.0222. The summed E-state index contributed by atoms with van der Waals surface area (Å²) in [7, 11) is 0. The standard InChI is InChI=1S/C47H28N4S.C47H30N4.C41H26N4/c48-29-30-11-10-14-34(27-30)31-21-23-33(24-22-31)45-49-44(32-12-2-1-3-13-32)50-46(51-45)35-25-26-37-36-15-4-5-16-38(36)47(41(37)28-35)39-17-6-8-19-42(39)52-43-20-9-7-18-40(43)47;48-31-35-17-10-11-22-38(35)32-27-29-34(30-28-32)45-49-44(33-15-4-1-5-16-33)50-46(51-45)40-24-14-26-42-43(40)39-23-12-13-25-41(39)47(42,36-18-6-2-7-19-36)37-20-8-3-9-21-37;42-27-28-23-25-30(26-24-28)39-43-38(29-13-4-1-5-14-29)44-40(45-39)34-20-12-22-36-37(34)33-19-10-11-21-35(33)41(36,31-15-6-2-7-16-31)32-17-8-3-9-18-32/h1-28H;1-30H;1-26H. The Balaban J connectivity index is 0.000000116. The molecule has 23 aromatic rings. The summed E-state index contributed by atoms with van der Waals surface area (Å²) < 4.78 is 0. The molecule has 690 valence electrons. The van der Waals surface area contributed by atoms with Crippen LogP contribution < -0.4 is 0 Å². The minimum Gasteiger partial charge on any atom is -0.208 e. The maximum Gasteiger partial charge on any atom is 0.164 e. The van der Waals surface area contributed by atoms with Crippen molar-refractivity contribution in [2.45, 2.75) is 26.0 Å². The summed E-state index contributed by atoms with van der Waals surface area (Å²) in [6, 6.07) is 183. The van der Waals surface area contributed by atoms with Crippen LogP contribution in [0.3, 0.4) is 0 Å². The van der Waals surface area contributed by atoms with E-state index in [2.05, 4.69) is 328 Å². The lowest BCUT2D eigenvalue weighted by atomic mass is 9.67. The first-order valence-corrected chi connectivity index (χ1v) is 50.0. The highest BCUT2D eigenvalue weighted by atomic mass is 32.2. The third-order valence-electron chi connectivity index (χ3n) is 28.8. The van der Waals surface area contributed by atoms with Gasteiger partial charge in [-0.25, -0.2) is 44.9 Å². The highest BCUT2D eigenvalue weighted by molar-refractivity contribution is 7.99. The van der Waals surface area contributed by atoms with E-state index in [1.54, 1.807) is 12.1 Å². The van der Waals surface area contributed by atoms with Crippen molar-refractivity contribution in [3.05, 3.63) is 593 Å². The summed E-state index contributed by atoms with van der Waals surface area (Å²) in [5.74, 6) is 5.41. The largest absolute Gasteiger partial charge is 0.208 e. The van der Waals surface area contributed by atoms with E-state index in [0.717, 1.165) is 89.0 Å². The van der Waals surface area contributed by atoms with E-state index in [-0.39, 0.29) is 0 Å². The van der Waals surface area contributed by atoms with Gasteiger partial charge in [0.1, 0.15) is 0 Å². The van der Waals surface area contributed by atoms with E-state index < -0.39 is 16.2 Å². The Morgan fingerprint density at radius 1 is 0.162 bits per heavy atom. The van der Waals surface area contributed by atoms with E-state index in [0.29, 0.717) is 69.1 Å². The van der Waals surface area contributed by atoms with Gasteiger partial charge in [-0.2, -0.15) is 15.8 Å². The molecule has 1 spiro atoms. The van der Waals surface area contributed by atoms with Gasteiger partial charge in [0, 0.05) is 59.9 Å². The Kier molecular flexibility index (Phi) is 23.2. The molecule has 27 rings (SSSR count). The molecule has 0 fully saturated rings. The summed E-state index contributed by atoms with van der Waals surface area (Å²) in [5.41, 5.74) is 34.2. The number of aromatic nitrogens is 9. The van der Waals surface area contributed by atoms with Gasteiger partial charge in [0.25, 0.3) is 0 Å². The average molecular weight is 1910 g/mol. The zero-order valence-electron chi connectivity index (χ0n) is 79.8. The van der Waals surface area contributed by atoms with Crippen molar-refractivity contribution >= 4 is 11.8 Å². The summed E-state index contributed by atoms with van der Waals surface area (Å²) >= 11 is 1.85. The second-order valence-corrected chi connectivity index (χ2v) is 38.0. The third kappa shape index (κ3) is 15.5. The van der Waals surface area contributed by atoms with Crippen LogP contribution >= 0.6 is 11.8 Å². The normalized spacial score (nSPS) is 12.7. The Morgan fingerprint density at radius 2 is 0.446 bits per heavy atom. The monoisotopic (exact) mass is 1900 g/mol. The first kappa shape index (κ1) is 89.6. The number of hydrogen-bond acceptors (Lipinski definition) is 13. The molecule has 13 heteroatoms. The van der Waals surface area contributed by atoms with Gasteiger partial charge in [-0.3, -0.25) is 0 Å². The molecule has 4 heterocycles. The molecular formula is C135H84N12S. The minimum atomic E-state index is -0.530. The molecule has 1 aliphatic heterocycles. The predicted molar refractivity (Wildman–Crippen MR) is 589 cm³/mol. The van der Waals surface area contributed by atoms with Crippen LogP contribution in [-0.2, 0) is 16.2 Å². The predicted octanol–water partition coefficient (Wildman–Crippen LogP) is 31.1. The van der Waals surface area contributed by atoms with E-state index in [1.807, 2.05) is 200 Å². The fourth-order valence-corrected chi connectivity index (χ4v) is 23.5. The lowest BCUT2D eigenvalue weighted by Crippen LogP contribution is -2.31. The molecule has 0 saturated heterocycles. The molecule has 0 N–H and O–H groups in total. The molecule has 0 bridgehead atoms. The molecule has 0 radical (unpaired) electrons. The molecule has 12 nitrogen and oxygen atoms in total. The molecule has 0 amide bonds. The van der Waals surface area contributed by atoms with Gasteiger partial charge in [0.15, 0.2) is 52.4 Å². The van der Waals surface area contributed by atoms with Crippen LogP contribution in [0.25, 0.3) is 158 Å². The van der Waals surface area contributed by atoms with E-state index in [9.17, 15) is 15.8 Å². The van der Waals surface area contributed by atoms with Crippen LogP contribution in [0.2, 0.25) is 0 Å². The second-order valence-electron chi connectivity index (χ2n) is 36.9. The number of nitrogens with zero attached hydrogens (tertiary/aromatic N) is 12. The maximum atomic E-state index is 9.70. The number of fused-ring (bicyclic) bond motifs is 15. The Hall–Kier alpha value is -19.8. The minimum absolute atomic E-state index is 0.489. The Labute approximate surface area is 861 Å². The second kappa shape index (κ2) is 38.3. The topological polar surface area (TPSA) is 187 Å². The highest BCUT2D eigenvalue weighted by Crippen LogP contribution is 2.64. The lowest BCUT2D eigenvalue weighted by Gasteiger charge is -2.39. The SMILES string of the molecule is N#Cc1ccc(-c2nc(-c3ccccc3)nc(-c3cccc4c3-c3ccccc3C4(c3ccccc3)c3ccccc3)n2)cc1.N#Cc1cccc(-c2ccc(-c3nc(-c4ccccc4)nc(-c4ccc5c(c4)C4(c6ccccc6Sc6ccccc64)c4ccccc4-5)n3)cc2)c1.N#Cc1ccccc1-c1ccc(-c2nc(-c3ccccc3)nc(-c3cccc4c3-c3ccccc3C4(c3ccccc3)c3ccccc3)n2)cc1. The van der Waals surface area contributed by atoms with Gasteiger partial charge in [-0.05, 0) is 183 Å². The molecule has 3 aromatic heterocycles. The Morgan fingerprint density at radius 3 is 0.858 bits per heavy atom. The number of hydrogen-bond donors (Lipinski definition) is 0. The van der Waals surface area contributed by atoms with Gasteiger partial charge < -0.3 is 0 Å². The van der Waals surface area contributed by atoms with Crippen molar-refractivity contribution in [1.82, 2.24) is 44.9 Å². The Bertz CT molecular complexity index is 9070. The van der Waals surface area contributed by atoms with Gasteiger partial charge in [-0.1, -0.05) is 461 Å². The lowest BCUT2D eigenvalue weighted by molar-refractivity contribution is 0.722. The van der Waals surface area contributed by atoms with Crippen LogP contribution in [0, 0.1) is 34.0 Å². The van der Waals surface area contributed by atoms with Crippen LogP contribution in [0.5, 0.6) is 0 Å². The zero-order valence-corrected chi connectivity index (χ0v) is 80.6. The van der Waals surface area contributed by atoms with Gasteiger partial charge >= 0.3 is 0 Å². The molecule has 0 unspecified atom stereocenters. The highest BCUT2D eigenvalue weighted by Gasteiger charge is 2.52. The smallest absolute Gasteiger partial charge is 0.164 e. The number of rotatable bonds is 15.